The van der Waals surface area contributed by atoms with E-state index in [0.717, 1.165) is 26.1 Å². The van der Waals surface area contributed by atoms with Crippen molar-refractivity contribution in [3.05, 3.63) is 0 Å². The fourth-order valence-corrected chi connectivity index (χ4v) is 3.02. The van der Waals surface area contributed by atoms with E-state index >= 15 is 0 Å². The molecule has 0 aromatic rings. The second-order valence-corrected chi connectivity index (χ2v) is 5.15. The van der Waals surface area contributed by atoms with Crippen molar-refractivity contribution in [1.82, 2.24) is 9.80 Å². The third kappa shape index (κ3) is 1.52. The summed E-state index contributed by atoms with van der Waals surface area (Å²) in [6.07, 6.45) is 1.10. The number of amides is 1. The molecule has 3 nitrogen and oxygen atoms in total. The molecule has 0 N–H and O–H groups in total. The number of carbonyl (C=O) groups is 1. The fraction of sp³-hybridized carbons (Fsp3) is 0.900. The fourth-order valence-electron chi connectivity index (χ4n) is 2.89. The van der Waals surface area contributed by atoms with Crippen molar-refractivity contribution in [2.75, 3.05) is 25.5 Å². The van der Waals surface area contributed by atoms with Crippen molar-refractivity contribution in [2.45, 2.75) is 31.8 Å². The lowest BCUT2D eigenvalue weighted by Gasteiger charge is -2.47. The van der Waals surface area contributed by atoms with Gasteiger partial charge in [0, 0.05) is 25.7 Å². The van der Waals surface area contributed by atoms with E-state index in [1.54, 1.807) is 0 Å². The van der Waals surface area contributed by atoms with Crippen LogP contribution in [0.3, 0.4) is 0 Å². The SMILES string of the molecule is CC1(C)CN2CCC(C2)N1C(=O)CCl. The highest BCUT2D eigenvalue weighted by Gasteiger charge is 2.45. The van der Waals surface area contributed by atoms with Gasteiger partial charge in [-0.05, 0) is 20.3 Å². The van der Waals surface area contributed by atoms with E-state index in [1.807, 2.05) is 4.90 Å². The highest BCUT2D eigenvalue weighted by atomic mass is 35.5. The van der Waals surface area contributed by atoms with E-state index in [4.69, 9.17) is 11.6 Å². The predicted molar refractivity (Wildman–Crippen MR) is 56.5 cm³/mol. The lowest BCUT2D eigenvalue weighted by molar-refractivity contribution is -0.139. The van der Waals surface area contributed by atoms with E-state index in [0.29, 0.717) is 6.04 Å². The molecule has 0 spiro atoms. The second kappa shape index (κ2) is 3.38. The van der Waals surface area contributed by atoms with Crippen molar-refractivity contribution >= 4 is 17.5 Å². The molecule has 4 heteroatoms. The molecule has 2 aliphatic heterocycles. The number of piperazine rings is 1. The van der Waals surface area contributed by atoms with Crippen LogP contribution in [0, 0.1) is 0 Å². The molecule has 0 radical (unpaired) electrons. The molecular weight excluding hydrogens is 200 g/mol. The highest BCUT2D eigenvalue weighted by molar-refractivity contribution is 6.27. The zero-order chi connectivity index (χ0) is 10.3. The number of hydrogen-bond acceptors (Lipinski definition) is 2. The molecule has 80 valence electrons. The highest BCUT2D eigenvalue weighted by Crippen LogP contribution is 2.31. The molecule has 0 aromatic carbocycles. The number of fused-ring (bicyclic) bond motifs is 2. The van der Waals surface area contributed by atoms with Crippen molar-refractivity contribution in [1.29, 1.82) is 0 Å². The topological polar surface area (TPSA) is 23.6 Å². The standard InChI is InChI=1S/C10H17ClN2O/c1-10(2)7-12-4-3-8(6-12)13(10)9(14)5-11/h8H,3-7H2,1-2H3. The first kappa shape index (κ1) is 10.2. The number of halogens is 1. The van der Waals surface area contributed by atoms with Crippen molar-refractivity contribution in [2.24, 2.45) is 0 Å². The van der Waals surface area contributed by atoms with Crippen LogP contribution in [-0.4, -0.2) is 52.8 Å². The van der Waals surface area contributed by atoms with Crippen LogP contribution in [0.5, 0.6) is 0 Å². The van der Waals surface area contributed by atoms with E-state index < -0.39 is 0 Å². The molecule has 2 rings (SSSR count). The molecule has 0 aliphatic carbocycles. The van der Waals surface area contributed by atoms with E-state index in [-0.39, 0.29) is 17.3 Å². The smallest absolute Gasteiger partial charge is 0.238 e. The molecule has 2 heterocycles. The first-order valence-electron chi connectivity index (χ1n) is 5.15. The van der Waals surface area contributed by atoms with E-state index in [1.165, 1.54) is 0 Å². The summed E-state index contributed by atoms with van der Waals surface area (Å²) >= 11 is 5.64. The number of carbonyl (C=O) groups excluding carboxylic acids is 1. The third-order valence-corrected chi connectivity index (χ3v) is 3.49. The van der Waals surface area contributed by atoms with Gasteiger partial charge in [0.1, 0.15) is 5.88 Å². The first-order chi connectivity index (χ1) is 6.54. The van der Waals surface area contributed by atoms with Crippen LogP contribution >= 0.6 is 11.6 Å². The minimum Gasteiger partial charge on any atom is -0.331 e. The lowest BCUT2D eigenvalue weighted by Crippen LogP contribution is -2.62. The Morgan fingerprint density at radius 2 is 2.29 bits per heavy atom. The molecule has 2 fully saturated rings. The van der Waals surface area contributed by atoms with Gasteiger partial charge in [0.25, 0.3) is 0 Å². The summed E-state index contributed by atoms with van der Waals surface area (Å²) in [5, 5.41) is 0. The van der Waals surface area contributed by atoms with Crippen LogP contribution in [0.25, 0.3) is 0 Å². The Balaban J connectivity index is 2.22. The summed E-state index contributed by atoms with van der Waals surface area (Å²) in [4.78, 5) is 16.2. The maximum Gasteiger partial charge on any atom is 0.238 e. The molecule has 1 amide bonds. The number of rotatable bonds is 1. The Morgan fingerprint density at radius 1 is 1.57 bits per heavy atom. The molecule has 2 atom stereocenters. The summed E-state index contributed by atoms with van der Waals surface area (Å²) in [6, 6.07) is 0.394. The monoisotopic (exact) mass is 216 g/mol. The molecular formula is C10H17ClN2O. The Bertz CT molecular complexity index is 255. The van der Waals surface area contributed by atoms with E-state index in [9.17, 15) is 4.79 Å². The van der Waals surface area contributed by atoms with Gasteiger partial charge < -0.3 is 4.90 Å². The normalized spacial score (nSPS) is 34.6. The Morgan fingerprint density at radius 3 is 2.93 bits per heavy atom. The average Bonchev–Trinajstić information content (AvgIpc) is 2.47. The summed E-state index contributed by atoms with van der Waals surface area (Å²) in [7, 11) is 0. The molecule has 0 aromatic heterocycles. The summed E-state index contributed by atoms with van der Waals surface area (Å²) in [5.74, 6) is 0.197. The van der Waals surface area contributed by atoms with Gasteiger partial charge in [-0.25, -0.2) is 0 Å². The maximum absolute atomic E-state index is 11.7. The van der Waals surface area contributed by atoms with Gasteiger partial charge in [-0.1, -0.05) is 0 Å². The molecule has 0 saturated carbocycles. The van der Waals surface area contributed by atoms with Gasteiger partial charge in [0.05, 0.1) is 5.54 Å². The van der Waals surface area contributed by atoms with Crippen LogP contribution in [0.4, 0.5) is 0 Å². The number of nitrogens with zero attached hydrogens (tertiary/aromatic N) is 2. The number of alkyl halides is 1. The van der Waals surface area contributed by atoms with Gasteiger partial charge in [-0.3, -0.25) is 9.69 Å². The Labute approximate surface area is 90.0 Å². The largest absolute Gasteiger partial charge is 0.331 e. The molecule has 2 aliphatic rings. The zero-order valence-corrected chi connectivity index (χ0v) is 9.55. The van der Waals surface area contributed by atoms with Gasteiger partial charge >= 0.3 is 0 Å². The van der Waals surface area contributed by atoms with Crippen molar-refractivity contribution in [3.63, 3.8) is 0 Å². The third-order valence-electron chi connectivity index (χ3n) is 3.26. The van der Waals surface area contributed by atoms with E-state index in [2.05, 4.69) is 18.7 Å². The lowest BCUT2D eigenvalue weighted by atomic mass is 9.97. The summed E-state index contributed by atoms with van der Waals surface area (Å²) in [6.45, 7) is 7.39. The van der Waals surface area contributed by atoms with Crippen LogP contribution in [0.1, 0.15) is 20.3 Å². The van der Waals surface area contributed by atoms with Crippen LogP contribution in [0.2, 0.25) is 0 Å². The minimum atomic E-state index is -0.0502. The van der Waals surface area contributed by atoms with Gasteiger partial charge in [-0.2, -0.15) is 0 Å². The molecule has 2 saturated heterocycles. The zero-order valence-electron chi connectivity index (χ0n) is 8.79. The Hall–Kier alpha value is -0.280. The van der Waals surface area contributed by atoms with Gasteiger partial charge in [0.2, 0.25) is 5.91 Å². The molecule has 2 bridgehead atoms. The molecule has 14 heavy (non-hydrogen) atoms. The summed E-state index contributed by atoms with van der Waals surface area (Å²) < 4.78 is 0. The molecule has 2 unspecified atom stereocenters. The summed E-state index contributed by atoms with van der Waals surface area (Å²) in [5.41, 5.74) is -0.0502. The second-order valence-electron chi connectivity index (χ2n) is 4.89. The average molecular weight is 217 g/mol. The first-order valence-corrected chi connectivity index (χ1v) is 5.68. The van der Waals surface area contributed by atoms with Gasteiger partial charge in [0.15, 0.2) is 0 Å². The van der Waals surface area contributed by atoms with Crippen LogP contribution in [-0.2, 0) is 4.79 Å². The van der Waals surface area contributed by atoms with Gasteiger partial charge in [-0.15, -0.1) is 11.6 Å². The minimum absolute atomic E-state index is 0.0502. The Kier molecular flexibility index (Phi) is 2.48. The quantitative estimate of drug-likeness (QED) is 0.609. The number of hydrogen-bond donors (Lipinski definition) is 0. The van der Waals surface area contributed by atoms with Crippen LogP contribution < -0.4 is 0 Å². The van der Waals surface area contributed by atoms with Crippen LogP contribution in [0.15, 0.2) is 0 Å². The predicted octanol–water partition coefficient (Wildman–Crippen LogP) is 0.920. The van der Waals surface area contributed by atoms with Crippen molar-refractivity contribution in [3.8, 4) is 0 Å². The van der Waals surface area contributed by atoms with Crippen molar-refractivity contribution < 1.29 is 4.79 Å². The maximum atomic E-state index is 11.7.